The van der Waals surface area contributed by atoms with Crippen molar-refractivity contribution in [3.05, 3.63) is 42.0 Å². The third-order valence-corrected chi connectivity index (χ3v) is 3.19. The molecule has 0 fully saturated rings. The van der Waals surface area contributed by atoms with Gasteiger partial charge < -0.3 is 10.0 Å². The van der Waals surface area contributed by atoms with E-state index in [4.69, 9.17) is 5.11 Å². The Morgan fingerprint density at radius 1 is 1.41 bits per heavy atom. The van der Waals surface area contributed by atoms with E-state index in [2.05, 4.69) is 6.58 Å². The first-order valence-electron chi connectivity index (χ1n) is 5.50. The summed E-state index contributed by atoms with van der Waals surface area (Å²) in [6, 6.07) is 7.83. The van der Waals surface area contributed by atoms with Crippen molar-refractivity contribution in [2.24, 2.45) is 0 Å². The van der Waals surface area contributed by atoms with Gasteiger partial charge in [0.15, 0.2) is 0 Å². The van der Waals surface area contributed by atoms with E-state index >= 15 is 0 Å². The minimum absolute atomic E-state index is 0.558. The Hall–Kier alpha value is -1.77. The summed E-state index contributed by atoms with van der Waals surface area (Å²) in [5.41, 5.74) is 2.41. The third-order valence-electron chi connectivity index (χ3n) is 3.19. The molecule has 3 heteroatoms. The minimum Gasteiger partial charge on any atom is -0.465 e. The van der Waals surface area contributed by atoms with Crippen LogP contribution in [0.3, 0.4) is 0 Å². The zero-order chi connectivity index (χ0) is 13.2. The van der Waals surface area contributed by atoms with Crippen LogP contribution in [-0.2, 0) is 5.54 Å². The fourth-order valence-corrected chi connectivity index (χ4v) is 1.60. The highest BCUT2D eigenvalue weighted by atomic mass is 16.4. The molecule has 0 bridgehead atoms. The number of hydrogen-bond donors (Lipinski definition) is 1. The van der Waals surface area contributed by atoms with Crippen LogP contribution in [0.5, 0.6) is 0 Å². The summed E-state index contributed by atoms with van der Waals surface area (Å²) in [6.45, 7) is 9.61. The molecule has 0 atom stereocenters. The number of allylic oxidation sites excluding steroid dienone is 1. The fourth-order valence-electron chi connectivity index (χ4n) is 1.60. The standard InChI is InChI=1S/C14H19NO2/c1-10(2)11-7-6-8-12(9-11)14(3,4)15(5)13(16)17/h6-9H,1H2,2-5H3,(H,16,17). The Morgan fingerprint density at radius 3 is 2.47 bits per heavy atom. The maximum absolute atomic E-state index is 11.0. The minimum atomic E-state index is -0.935. The van der Waals surface area contributed by atoms with Crippen LogP contribution in [0, 0.1) is 0 Å². The van der Waals surface area contributed by atoms with Gasteiger partial charge in [-0.25, -0.2) is 4.79 Å². The molecular formula is C14H19NO2. The van der Waals surface area contributed by atoms with Crippen molar-refractivity contribution in [2.45, 2.75) is 26.3 Å². The molecule has 0 aliphatic heterocycles. The molecule has 0 saturated carbocycles. The normalized spacial score (nSPS) is 11.1. The highest BCUT2D eigenvalue weighted by Crippen LogP contribution is 2.28. The molecule has 0 radical (unpaired) electrons. The van der Waals surface area contributed by atoms with Crippen LogP contribution in [0.2, 0.25) is 0 Å². The zero-order valence-electron chi connectivity index (χ0n) is 10.8. The first-order chi connectivity index (χ1) is 7.76. The summed E-state index contributed by atoms with van der Waals surface area (Å²) in [6.07, 6.45) is -0.935. The molecule has 92 valence electrons. The topological polar surface area (TPSA) is 40.5 Å². The highest BCUT2D eigenvalue weighted by Gasteiger charge is 2.29. The molecule has 1 amide bonds. The van der Waals surface area contributed by atoms with E-state index in [9.17, 15) is 4.79 Å². The number of carbonyl (C=O) groups is 1. The molecule has 0 saturated heterocycles. The fraction of sp³-hybridized carbons (Fsp3) is 0.357. The maximum atomic E-state index is 11.0. The van der Waals surface area contributed by atoms with Crippen LogP contribution in [0.1, 0.15) is 31.9 Å². The van der Waals surface area contributed by atoms with Crippen LogP contribution < -0.4 is 0 Å². The Bertz CT molecular complexity index is 449. The van der Waals surface area contributed by atoms with Gasteiger partial charge in [-0.1, -0.05) is 30.4 Å². The lowest BCUT2D eigenvalue weighted by atomic mass is 9.90. The summed E-state index contributed by atoms with van der Waals surface area (Å²) >= 11 is 0. The average molecular weight is 233 g/mol. The van der Waals surface area contributed by atoms with E-state index in [-0.39, 0.29) is 0 Å². The molecule has 1 aromatic rings. The Balaban J connectivity index is 3.19. The Kier molecular flexibility index (Phi) is 3.61. The van der Waals surface area contributed by atoms with Crippen molar-refractivity contribution in [1.82, 2.24) is 4.90 Å². The predicted molar refractivity (Wildman–Crippen MR) is 70.0 cm³/mol. The second-order valence-electron chi connectivity index (χ2n) is 4.76. The van der Waals surface area contributed by atoms with E-state index in [1.807, 2.05) is 45.0 Å². The number of nitrogens with zero attached hydrogens (tertiary/aromatic N) is 1. The molecule has 0 aliphatic carbocycles. The van der Waals surface area contributed by atoms with E-state index in [1.165, 1.54) is 4.90 Å². The second kappa shape index (κ2) is 4.62. The molecular weight excluding hydrogens is 214 g/mol. The number of rotatable bonds is 3. The van der Waals surface area contributed by atoms with Gasteiger partial charge in [-0.05, 0) is 38.0 Å². The molecule has 0 aliphatic rings. The molecule has 3 nitrogen and oxygen atoms in total. The molecule has 1 aromatic carbocycles. The summed E-state index contributed by atoms with van der Waals surface area (Å²) in [5.74, 6) is 0. The van der Waals surface area contributed by atoms with Crippen molar-refractivity contribution >= 4 is 11.7 Å². The van der Waals surface area contributed by atoms with Gasteiger partial charge in [-0.3, -0.25) is 0 Å². The lowest BCUT2D eigenvalue weighted by Gasteiger charge is -2.34. The van der Waals surface area contributed by atoms with Crippen molar-refractivity contribution in [3.63, 3.8) is 0 Å². The van der Waals surface area contributed by atoms with Gasteiger partial charge in [-0.15, -0.1) is 0 Å². The van der Waals surface area contributed by atoms with Crippen LogP contribution >= 0.6 is 0 Å². The average Bonchev–Trinajstić information content (AvgIpc) is 2.28. The highest BCUT2D eigenvalue weighted by molar-refractivity contribution is 5.67. The van der Waals surface area contributed by atoms with E-state index in [1.54, 1.807) is 7.05 Å². The molecule has 1 rings (SSSR count). The van der Waals surface area contributed by atoms with Crippen LogP contribution in [-0.4, -0.2) is 23.1 Å². The molecule has 1 N–H and O–H groups in total. The second-order valence-corrected chi connectivity index (χ2v) is 4.76. The molecule has 0 spiro atoms. The molecule has 17 heavy (non-hydrogen) atoms. The van der Waals surface area contributed by atoms with E-state index < -0.39 is 11.6 Å². The van der Waals surface area contributed by atoms with Gasteiger partial charge in [0, 0.05) is 7.05 Å². The van der Waals surface area contributed by atoms with Crippen molar-refractivity contribution < 1.29 is 9.90 Å². The van der Waals surface area contributed by atoms with E-state index in [0.29, 0.717) is 0 Å². The first kappa shape index (κ1) is 13.3. The molecule has 0 heterocycles. The summed E-state index contributed by atoms with van der Waals surface area (Å²) < 4.78 is 0. The van der Waals surface area contributed by atoms with Crippen molar-refractivity contribution in [2.75, 3.05) is 7.05 Å². The smallest absolute Gasteiger partial charge is 0.407 e. The SMILES string of the molecule is C=C(C)c1cccc(C(C)(C)N(C)C(=O)O)c1. The number of amides is 1. The lowest BCUT2D eigenvalue weighted by molar-refractivity contribution is 0.110. The number of carboxylic acid groups (broad SMARTS) is 1. The van der Waals surface area contributed by atoms with Gasteiger partial charge in [0.1, 0.15) is 0 Å². The van der Waals surface area contributed by atoms with Gasteiger partial charge in [0.25, 0.3) is 0 Å². The number of hydrogen-bond acceptors (Lipinski definition) is 1. The predicted octanol–water partition coefficient (Wildman–Crippen LogP) is 3.56. The summed E-state index contributed by atoms with van der Waals surface area (Å²) in [4.78, 5) is 12.4. The first-order valence-corrected chi connectivity index (χ1v) is 5.50. The maximum Gasteiger partial charge on any atom is 0.407 e. The Labute approximate surface area is 102 Å². The van der Waals surface area contributed by atoms with Crippen LogP contribution in [0.4, 0.5) is 4.79 Å². The molecule has 0 aromatic heterocycles. The largest absolute Gasteiger partial charge is 0.465 e. The van der Waals surface area contributed by atoms with Crippen molar-refractivity contribution in [3.8, 4) is 0 Å². The lowest BCUT2D eigenvalue weighted by Crippen LogP contribution is -2.41. The van der Waals surface area contributed by atoms with Gasteiger partial charge >= 0.3 is 6.09 Å². The summed E-state index contributed by atoms with van der Waals surface area (Å²) in [7, 11) is 1.58. The van der Waals surface area contributed by atoms with Crippen LogP contribution in [0.25, 0.3) is 5.57 Å². The summed E-state index contributed by atoms with van der Waals surface area (Å²) in [5, 5.41) is 9.07. The van der Waals surface area contributed by atoms with Gasteiger partial charge in [-0.2, -0.15) is 0 Å². The monoisotopic (exact) mass is 233 g/mol. The molecule has 0 unspecified atom stereocenters. The zero-order valence-corrected chi connectivity index (χ0v) is 10.8. The van der Waals surface area contributed by atoms with Crippen LogP contribution in [0.15, 0.2) is 30.8 Å². The van der Waals surface area contributed by atoms with Gasteiger partial charge in [0.05, 0.1) is 5.54 Å². The third kappa shape index (κ3) is 2.67. The Morgan fingerprint density at radius 2 is 2.00 bits per heavy atom. The quantitative estimate of drug-likeness (QED) is 0.867. The van der Waals surface area contributed by atoms with Crippen molar-refractivity contribution in [1.29, 1.82) is 0 Å². The van der Waals surface area contributed by atoms with E-state index in [0.717, 1.165) is 16.7 Å². The number of benzene rings is 1. The van der Waals surface area contributed by atoms with Gasteiger partial charge in [0.2, 0.25) is 0 Å².